The van der Waals surface area contributed by atoms with E-state index in [4.69, 9.17) is 5.73 Å². The highest BCUT2D eigenvalue weighted by Crippen LogP contribution is 2.25. The van der Waals surface area contributed by atoms with Crippen LogP contribution in [0.25, 0.3) is 0 Å². The number of hydrogen-bond acceptors (Lipinski definition) is 2. The van der Waals surface area contributed by atoms with Gasteiger partial charge in [-0.2, -0.15) is 0 Å². The topological polar surface area (TPSA) is 38.0 Å². The number of nitrogens with one attached hydrogen (secondary N) is 1. The molecular formula is C12H26N2. The molecule has 0 spiro atoms. The monoisotopic (exact) mass is 198 g/mol. The second-order valence-corrected chi connectivity index (χ2v) is 4.64. The molecule has 0 amide bonds. The Morgan fingerprint density at radius 1 is 1.21 bits per heavy atom. The number of rotatable bonds is 5. The lowest BCUT2D eigenvalue weighted by atomic mass is 9.93. The van der Waals surface area contributed by atoms with Gasteiger partial charge in [-0.05, 0) is 45.2 Å². The zero-order valence-electron chi connectivity index (χ0n) is 9.60. The largest absolute Gasteiger partial charge is 0.330 e. The summed E-state index contributed by atoms with van der Waals surface area (Å²) in [6.07, 6.45) is 9.74. The predicted molar refractivity (Wildman–Crippen MR) is 62.3 cm³/mol. The van der Waals surface area contributed by atoms with E-state index < -0.39 is 0 Å². The molecule has 0 radical (unpaired) electrons. The SMILES string of the molecule is C[C@H](NCCCN)C1CCCCCC1. The van der Waals surface area contributed by atoms with Crippen molar-refractivity contribution in [3.05, 3.63) is 0 Å². The van der Waals surface area contributed by atoms with Gasteiger partial charge in [0.2, 0.25) is 0 Å². The number of nitrogens with two attached hydrogens (primary N) is 1. The Morgan fingerprint density at radius 3 is 2.43 bits per heavy atom. The minimum atomic E-state index is 0.694. The molecular weight excluding hydrogens is 172 g/mol. The molecule has 3 N–H and O–H groups in total. The van der Waals surface area contributed by atoms with Gasteiger partial charge in [0.05, 0.1) is 0 Å². The van der Waals surface area contributed by atoms with Crippen molar-refractivity contribution < 1.29 is 0 Å². The summed E-state index contributed by atoms with van der Waals surface area (Å²) in [5, 5.41) is 3.60. The summed E-state index contributed by atoms with van der Waals surface area (Å²) < 4.78 is 0. The average Bonchev–Trinajstić information content (AvgIpc) is 2.46. The smallest absolute Gasteiger partial charge is 0.00670 e. The lowest BCUT2D eigenvalue weighted by molar-refractivity contribution is 0.338. The van der Waals surface area contributed by atoms with E-state index in [0.29, 0.717) is 6.04 Å². The lowest BCUT2D eigenvalue weighted by Gasteiger charge is -2.23. The first-order chi connectivity index (χ1) is 6.84. The Hall–Kier alpha value is -0.0800. The summed E-state index contributed by atoms with van der Waals surface area (Å²) in [5.74, 6) is 0.912. The fraction of sp³-hybridized carbons (Fsp3) is 1.00. The summed E-state index contributed by atoms with van der Waals surface area (Å²) in [5.41, 5.74) is 5.48. The molecule has 0 aromatic heterocycles. The van der Waals surface area contributed by atoms with Crippen molar-refractivity contribution in [2.45, 2.75) is 57.9 Å². The minimum absolute atomic E-state index is 0.694. The summed E-state index contributed by atoms with van der Waals surface area (Å²) in [4.78, 5) is 0. The lowest BCUT2D eigenvalue weighted by Crippen LogP contribution is -2.34. The number of hydrogen-bond donors (Lipinski definition) is 2. The maximum atomic E-state index is 5.48. The van der Waals surface area contributed by atoms with Crippen LogP contribution in [0.5, 0.6) is 0 Å². The third kappa shape index (κ3) is 4.43. The molecule has 14 heavy (non-hydrogen) atoms. The van der Waals surface area contributed by atoms with Crippen LogP contribution >= 0.6 is 0 Å². The molecule has 2 heteroatoms. The third-order valence-corrected chi connectivity index (χ3v) is 3.45. The standard InChI is InChI=1S/C12H26N2/c1-11(14-10-6-9-13)12-7-4-2-3-5-8-12/h11-12,14H,2-10,13H2,1H3/t11-/m0/s1. The molecule has 1 fully saturated rings. The summed E-state index contributed by atoms with van der Waals surface area (Å²) in [6.45, 7) is 4.24. The van der Waals surface area contributed by atoms with Gasteiger partial charge < -0.3 is 11.1 Å². The van der Waals surface area contributed by atoms with Gasteiger partial charge in [-0.15, -0.1) is 0 Å². The quantitative estimate of drug-likeness (QED) is 0.525. The van der Waals surface area contributed by atoms with E-state index in [9.17, 15) is 0 Å². The molecule has 0 bridgehead atoms. The van der Waals surface area contributed by atoms with Gasteiger partial charge in [-0.3, -0.25) is 0 Å². The van der Waals surface area contributed by atoms with Crippen LogP contribution in [0.4, 0.5) is 0 Å². The normalized spacial score (nSPS) is 21.9. The van der Waals surface area contributed by atoms with Crippen LogP contribution in [-0.4, -0.2) is 19.1 Å². The van der Waals surface area contributed by atoms with Gasteiger partial charge in [0, 0.05) is 6.04 Å². The maximum absolute atomic E-state index is 5.48. The van der Waals surface area contributed by atoms with Crippen LogP contribution in [0.2, 0.25) is 0 Å². The fourth-order valence-electron chi connectivity index (χ4n) is 2.41. The van der Waals surface area contributed by atoms with Crippen LogP contribution < -0.4 is 11.1 Å². The predicted octanol–water partition coefficient (Wildman–Crippen LogP) is 2.28. The molecule has 2 nitrogen and oxygen atoms in total. The van der Waals surface area contributed by atoms with Gasteiger partial charge in [0.15, 0.2) is 0 Å². The summed E-state index contributed by atoms with van der Waals surface area (Å²) >= 11 is 0. The van der Waals surface area contributed by atoms with E-state index in [-0.39, 0.29) is 0 Å². The van der Waals surface area contributed by atoms with Crippen LogP contribution in [0, 0.1) is 5.92 Å². The Morgan fingerprint density at radius 2 is 1.86 bits per heavy atom. The summed E-state index contributed by atoms with van der Waals surface area (Å²) in [7, 11) is 0. The maximum Gasteiger partial charge on any atom is 0.00670 e. The third-order valence-electron chi connectivity index (χ3n) is 3.45. The first-order valence-electron chi connectivity index (χ1n) is 6.28. The molecule has 0 unspecified atom stereocenters. The minimum Gasteiger partial charge on any atom is -0.330 e. The molecule has 1 saturated carbocycles. The van der Waals surface area contributed by atoms with Gasteiger partial charge >= 0.3 is 0 Å². The Bertz CT molecular complexity index is 128. The first-order valence-corrected chi connectivity index (χ1v) is 6.28. The zero-order chi connectivity index (χ0) is 10.2. The van der Waals surface area contributed by atoms with E-state index in [1.54, 1.807) is 0 Å². The molecule has 1 atom stereocenters. The average molecular weight is 198 g/mol. The summed E-state index contributed by atoms with van der Waals surface area (Å²) in [6, 6.07) is 0.694. The Kier molecular flexibility index (Phi) is 6.20. The fourth-order valence-corrected chi connectivity index (χ4v) is 2.41. The van der Waals surface area contributed by atoms with Crippen molar-refractivity contribution in [3.63, 3.8) is 0 Å². The molecule has 0 aromatic carbocycles. The molecule has 0 aliphatic heterocycles. The van der Waals surface area contributed by atoms with E-state index >= 15 is 0 Å². The van der Waals surface area contributed by atoms with Gasteiger partial charge in [0.25, 0.3) is 0 Å². The van der Waals surface area contributed by atoms with Crippen molar-refractivity contribution in [2.24, 2.45) is 11.7 Å². The second kappa shape index (κ2) is 7.24. The van der Waals surface area contributed by atoms with E-state index in [2.05, 4.69) is 12.2 Å². The van der Waals surface area contributed by atoms with Crippen LogP contribution in [0.15, 0.2) is 0 Å². The second-order valence-electron chi connectivity index (χ2n) is 4.64. The highest BCUT2D eigenvalue weighted by molar-refractivity contribution is 4.74. The van der Waals surface area contributed by atoms with Crippen molar-refractivity contribution in [1.29, 1.82) is 0 Å². The van der Waals surface area contributed by atoms with Crippen LogP contribution in [-0.2, 0) is 0 Å². The van der Waals surface area contributed by atoms with E-state index in [0.717, 1.165) is 25.4 Å². The zero-order valence-corrected chi connectivity index (χ0v) is 9.60. The molecule has 1 rings (SSSR count). The van der Waals surface area contributed by atoms with Gasteiger partial charge in [0.1, 0.15) is 0 Å². The highest BCUT2D eigenvalue weighted by Gasteiger charge is 2.17. The highest BCUT2D eigenvalue weighted by atomic mass is 14.9. The molecule has 0 aromatic rings. The molecule has 0 saturated heterocycles. The Labute approximate surface area is 88.6 Å². The van der Waals surface area contributed by atoms with E-state index in [1.807, 2.05) is 0 Å². The van der Waals surface area contributed by atoms with Crippen molar-refractivity contribution in [2.75, 3.05) is 13.1 Å². The van der Waals surface area contributed by atoms with Crippen molar-refractivity contribution in [3.8, 4) is 0 Å². The van der Waals surface area contributed by atoms with Crippen LogP contribution in [0.1, 0.15) is 51.9 Å². The van der Waals surface area contributed by atoms with Gasteiger partial charge in [-0.1, -0.05) is 25.7 Å². The molecule has 84 valence electrons. The van der Waals surface area contributed by atoms with Crippen LogP contribution in [0.3, 0.4) is 0 Å². The Balaban J connectivity index is 2.16. The first kappa shape index (κ1) is 12.0. The molecule has 1 aliphatic carbocycles. The van der Waals surface area contributed by atoms with E-state index in [1.165, 1.54) is 38.5 Å². The molecule has 0 heterocycles. The van der Waals surface area contributed by atoms with Gasteiger partial charge in [-0.25, -0.2) is 0 Å². The van der Waals surface area contributed by atoms with Crippen molar-refractivity contribution >= 4 is 0 Å². The van der Waals surface area contributed by atoms with Crippen molar-refractivity contribution in [1.82, 2.24) is 5.32 Å². The molecule has 1 aliphatic rings.